The molecule has 0 aromatic rings. The Kier molecular flexibility index (Phi) is 2.84. The maximum atomic E-state index is 11.0. The highest BCUT2D eigenvalue weighted by molar-refractivity contribution is 7.90. The van der Waals surface area contributed by atoms with E-state index < -0.39 is 15.4 Å². The van der Waals surface area contributed by atoms with Crippen LogP contribution in [0.5, 0.6) is 0 Å². The van der Waals surface area contributed by atoms with E-state index in [1.54, 1.807) is 0 Å². The Labute approximate surface area is 91.8 Å². The Hall–Kier alpha value is -0.0900. The van der Waals surface area contributed by atoms with E-state index >= 15 is 0 Å². The maximum Gasteiger partial charge on any atom is 0.147 e. The Balaban J connectivity index is 1.85. The average Bonchev–Trinajstić information content (AvgIpc) is 2.60. The van der Waals surface area contributed by atoms with Gasteiger partial charge in [0.25, 0.3) is 0 Å². The van der Waals surface area contributed by atoms with Gasteiger partial charge in [0, 0.05) is 12.0 Å². The predicted molar refractivity (Wildman–Crippen MR) is 59.3 cm³/mol. The predicted octanol–water partition coefficient (Wildman–Crippen LogP) is 1.36. The van der Waals surface area contributed by atoms with Gasteiger partial charge in [-0.3, -0.25) is 0 Å². The van der Waals surface area contributed by atoms with Crippen LogP contribution in [0, 0.1) is 11.8 Å². The van der Waals surface area contributed by atoms with E-state index in [2.05, 4.69) is 0 Å². The Morgan fingerprint density at radius 2 is 2.13 bits per heavy atom. The van der Waals surface area contributed by atoms with Gasteiger partial charge in [-0.15, -0.1) is 0 Å². The molecule has 2 aliphatic carbocycles. The largest absolute Gasteiger partial charge is 0.390 e. The summed E-state index contributed by atoms with van der Waals surface area (Å²) in [7, 11) is -2.87. The molecule has 3 atom stereocenters. The summed E-state index contributed by atoms with van der Waals surface area (Å²) in [6.45, 7) is 0. The van der Waals surface area contributed by atoms with Gasteiger partial charge in [-0.05, 0) is 50.4 Å². The molecule has 1 N–H and O–H groups in total. The number of hydrogen-bond donors (Lipinski definition) is 1. The molecule has 0 amide bonds. The zero-order valence-corrected chi connectivity index (χ0v) is 10.1. The molecule has 0 radical (unpaired) electrons. The van der Waals surface area contributed by atoms with Gasteiger partial charge in [0.2, 0.25) is 0 Å². The lowest BCUT2D eigenvalue weighted by Crippen LogP contribution is -2.35. The zero-order chi connectivity index (χ0) is 11.1. The lowest BCUT2D eigenvalue weighted by molar-refractivity contribution is -0.0208. The normalized spacial score (nSPS) is 39.9. The number of fused-ring (bicyclic) bond motifs is 2. The fourth-order valence-electron chi connectivity index (χ4n) is 3.36. The third-order valence-corrected chi connectivity index (χ3v) is 5.10. The van der Waals surface area contributed by atoms with E-state index in [-0.39, 0.29) is 5.75 Å². The molecule has 3 unspecified atom stereocenters. The second-order valence-corrected chi connectivity index (χ2v) is 7.68. The summed E-state index contributed by atoms with van der Waals surface area (Å²) >= 11 is 0. The monoisotopic (exact) mass is 232 g/mol. The molecule has 0 spiro atoms. The first-order chi connectivity index (χ1) is 6.89. The summed E-state index contributed by atoms with van der Waals surface area (Å²) < 4.78 is 22.0. The molecule has 0 saturated heterocycles. The molecule has 2 aliphatic rings. The summed E-state index contributed by atoms with van der Waals surface area (Å²) in [5, 5.41) is 10.4. The van der Waals surface area contributed by atoms with Crippen molar-refractivity contribution in [2.45, 2.75) is 44.1 Å². The molecule has 0 heterocycles. The maximum absolute atomic E-state index is 11.0. The van der Waals surface area contributed by atoms with Crippen molar-refractivity contribution in [3.63, 3.8) is 0 Å². The van der Waals surface area contributed by atoms with Gasteiger partial charge in [-0.2, -0.15) is 0 Å². The van der Waals surface area contributed by atoms with E-state index in [4.69, 9.17) is 0 Å². The Bertz CT molecular complexity index is 336. The molecule has 0 aromatic carbocycles. The fourth-order valence-corrected chi connectivity index (χ4v) is 4.03. The highest BCUT2D eigenvalue weighted by atomic mass is 32.2. The van der Waals surface area contributed by atoms with E-state index in [0.29, 0.717) is 24.7 Å². The first-order valence-electron chi connectivity index (χ1n) is 5.79. The van der Waals surface area contributed by atoms with Crippen LogP contribution in [0.25, 0.3) is 0 Å². The Morgan fingerprint density at radius 1 is 1.40 bits per heavy atom. The lowest BCUT2D eigenvalue weighted by Gasteiger charge is -2.32. The highest BCUT2D eigenvalue weighted by Crippen LogP contribution is 2.52. The van der Waals surface area contributed by atoms with Gasteiger partial charge >= 0.3 is 0 Å². The number of hydrogen-bond acceptors (Lipinski definition) is 3. The van der Waals surface area contributed by atoms with Gasteiger partial charge in [-0.25, -0.2) is 8.42 Å². The van der Waals surface area contributed by atoms with Crippen molar-refractivity contribution in [3.05, 3.63) is 0 Å². The Morgan fingerprint density at radius 3 is 2.60 bits per heavy atom. The first kappa shape index (κ1) is 11.4. The molecule has 2 saturated carbocycles. The van der Waals surface area contributed by atoms with Crippen LogP contribution >= 0.6 is 0 Å². The summed E-state index contributed by atoms with van der Waals surface area (Å²) in [5.41, 5.74) is -0.534. The summed E-state index contributed by atoms with van der Waals surface area (Å²) in [6.07, 6.45) is 7.01. The van der Waals surface area contributed by atoms with Gasteiger partial charge in [0.05, 0.1) is 5.60 Å². The third-order valence-electron chi connectivity index (χ3n) is 4.07. The smallest absolute Gasteiger partial charge is 0.147 e. The SMILES string of the molecule is CS(=O)(=O)CCCC1(O)CC2CCC1C2. The molecule has 2 rings (SSSR count). The van der Waals surface area contributed by atoms with Crippen molar-refractivity contribution in [2.24, 2.45) is 11.8 Å². The van der Waals surface area contributed by atoms with Crippen molar-refractivity contribution < 1.29 is 13.5 Å². The number of sulfone groups is 1. The minimum Gasteiger partial charge on any atom is -0.390 e. The molecule has 4 heteroatoms. The zero-order valence-electron chi connectivity index (χ0n) is 9.28. The number of aliphatic hydroxyl groups is 1. The van der Waals surface area contributed by atoms with Gasteiger partial charge < -0.3 is 5.11 Å². The second-order valence-electron chi connectivity index (χ2n) is 5.42. The van der Waals surface area contributed by atoms with E-state index in [9.17, 15) is 13.5 Å². The van der Waals surface area contributed by atoms with Crippen LogP contribution < -0.4 is 0 Å². The van der Waals surface area contributed by atoms with Crippen LogP contribution in [0.2, 0.25) is 0 Å². The summed E-state index contributed by atoms with van der Waals surface area (Å²) in [4.78, 5) is 0. The quantitative estimate of drug-likeness (QED) is 0.796. The standard InChI is InChI=1S/C11H20O3S/c1-15(13,14)6-2-5-11(12)8-9-3-4-10(11)7-9/h9-10,12H,2-8H2,1H3. The molecule has 88 valence electrons. The van der Waals surface area contributed by atoms with Crippen LogP contribution in [0.4, 0.5) is 0 Å². The van der Waals surface area contributed by atoms with Crippen LogP contribution in [0.3, 0.4) is 0 Å². The second kappa shape index (κ2) is 3.74. The highest BCUT2D eigenvalue weighted by Gasteiger charge is 2.49. The summed E-state index contributed by atoms with van der Waals surface area (Å²) in [5.74, 6) is 1.37. The van der Waals surface area contributed by atoms with Crippen LogP contribution in [-0.2, 0) is 9.84 Å². The molecular formula is C11H20O3S. The van der Waals surface area contributed by atoms with Crippen LogP contribution in [0.1, 0.15) is 38.5 Å². The van der Waals surface area contributed by atoms with E-state index in [1.807, 2.05) is 0 Å². The third kappa shape index (κ3) is 2.53. The lowest BCUT2D eigenvalue weighted by atomic mass is 9.81. The summed E-state index contributed by atoms with van der Waals surface area (Å²) in [6, 6.07) is 0. The molecular weight excluding hydrogens is 212 g/mol. The molecule has 2 bridgehead atoms. The number of rotatable bonds is 4. The van der Waals surface area contributed by atoms with E-state index in [0.717, 1.165) is 19.3 Å². The molecule has 15 heavy (non-hydrogen) atoms. The van der Waals surface area contributed by atoms with Gasteiger partial charge in [0.1, 0.15) is 9.84 Å². The van der Waals surface area contributed by atoms with Gasteiger partial charge in [0.15, 0.2) is 0 Å². The first-order valence-corrected chi connectivity index (χ1v) is 7.85. The fraction of sp³-hybridized carbons (Fsp3) is 1.00. The van der Waals surface area contributed by atoms with Crippen LogP contribution in [-0.4, -0.2) is 31.1 Å². The molecule has 3 nitrogen and oxygen atoms in total. The minimum absolute atomic E-state index is 0.215. The van der Waals surface area contributed by atoms with E-state index in [1.165, 1.54) is 12.7 Å². The minimum atomic E-state index is -2.87. The molecule has 2 fully saturated rings. The topological polar surface area (TPSA) is 54.4 Å². The van der Waals surface area contributed by atoms with Crippen LogP contribution in [0.15, 0.2) is 0 Å². The molecule has 0 aliphatic heterocycles. The van der Waals surface area contributed by atoms with Gasteiger partial charge in [-0.1, -0.05) is 0 Å². The van der Waals surface area contributed by atoms with Crippen molar-refractivity contribution in [2.75, 3.05) is 12.0 Å². The van der Waals surface area contributed by atoms with Crippen molar-refractivity contribution in [3.8, 4) is 0 Å². The van der Waals surface area contributed by atoms with Crippen molar-refractivity contribution in [1.82, 2.24) is 0 Å². The average molecular weight is 232 g/mol. The van der Waals surface area contributed by atoms with Crippen molar-refractivity contribution in [1.29, 1.82) is 0 Å². The molecule has 0 aromatic heterocycles. The van der Waals surface area contributed by atoms with Crippen molar-refractivity contribution >= 4 is 9.84 Å².